The van der Waals surface area contributed by atoms with Crippen molar-refractivity contribution in [1.29, 1.82) is 0 Å². The second-order valence-corrected chi connectivity index (χ2v) is 9.21. The summed E-state index contributed by atoms with van der Waals surface area (Å²) in [5, 5.41) is 0. The first-order valence-corrected chi connectivity index (χ1v) is 11.1. The average molecular weight is 382 g/mol. The van der Waals surface area contributed by atoms with Crippen LogP contribution in [0.25, 0.3) is 0 Å². The molecule has 2 aliphatic heterocycles. The maximum absolute atomic E-state index is 12.8. The number of nitrogens with one attached hydrogen (secondary N) is 1. The van der Waals surface area contributed by atoms with Crippen molar-refractivity contribution >= 4 is 10.2 Å². The number of rotatable bonds is 7. The molecule has 1 aromatic rings. The Labute approximate surface area is 157 Å². The number of ether oxygens (including phenoxy) is 1. The topological polar surface area (TPSA) is 61.9 Å². The highest BCUT2D eigenvalue weighted by Crippen LogP contribution is 2.31. The predicted molar refractivity (Wildman–Crippen MR) is 103 cm³/mol. The Kier molecular flexibility index (Phi) is 6.55. The molecule has 1 aromatic carbocycles. The van der Waals surface area contributed by atoms with Crippen molar-refractivity contribution in [3.63, 3.8) is 0 Å². The summed E-state index contributed by atoms with van der Waals surface area (Å²) >= 11 is 0. The van der Waals surface area contributed by atoms with Gasteiger partial charge in [0.15, 0.2) is 0 Å². The number of piperidine rings is 1. The van der Waals surface area contributed by atoms with Gasteiger partial charge in [0.2, 0.25) is 0 Å². The van der Waals surface area contributed by atoms with Gasteiger partial charge < -0.3 is 4.74 Å². The van der Waals surface area contributed by atoms with Gasteiger partial charge >= 0.3 is 0 Å². The Bertz CT molecular complexity index is 689. The fraction of sp³-hybridized carbons (Fsp3) is 0.684. The lowest BCUT2D eigenvalue weighted by molar-refractivity contribution is 0.236. The zero-order chi connectivity index (χ0) is 18.6. The Hall–Kier alpha value is -1.15. The third kappa shape index (κ3) is 4.57. The molecular weight excluding hydrogens is 350 g/mol. The van der Waals surface area contributed by atoms with Crippen LogP contribution >= 0.6 is 0 Å². The van der Waals surface area contributed by atoms with Gasteiger partial charge in [-0.05, 0) is 50.8 Å². The quantitative estimate of drug-likeness (QED) is 0.788. The number of methoxy groups -OCH3 is 1. The van der Waals surface area contributed by atoms with Gasteiger partial charge in [-0.25, -0.2) is 4.72 Å². The molecular formula is C19H31N3O3S. The Morgan fingerprint density at radius 2 is 1.92 bits per heavy atom. The molecule has 7 heteroatoms. The molecule has 0 radical (unpaired) electrons. The number of likely N-dealkylation sites (tertiary alicyclic amines) is 1. The smallest absolute Gasteiger partial charge is 0.279 e. The molecule has 146 valence electrons. The van der Waals surface area contributed by atoms with Crippen LogP contribution in [0.3, 0.4) is 0 Å². The van der Waals surface area contributed by atoms with Crippen LogP contribution in [0.5, 0.6) is 5.75 Å². The molecule has 0 amide bonds. The van der Waals surface area contributed by atoms with Gasteiger partial charge in [-0.3, -0.25) is 4.90 Å². The van der Waals surface area contributed by atoms with Crippen LogP contribution in [0, 0.1) is 5.92 Å². The van der Waals surface area contributed by atoms with E-state index in [1.807, 2.05) is 24.3 Å². The molecule has 6 nitrogen and oxygen atoms in total. The van der Waals surface area contributed by atoms with Crippen molar-refractivity contribution < 1.29 is 13.2 Å². The van der Waals surface area contributed by atoms with E-state index in [0.29, 0.717) is 25.6 Å². The summed E-state index contributed by atoms with van der Waals surface area (Å²) in [6.07, 6.45) is 4.35. The summed E-state index contributed by atoms with van der Waals surface area (Å²) in [5.41, 5.74) is 1.05. The van der Waals surface area contributed by atoms with Crippen LogP contribution in [0.1, 0.15) is 44.2 Å². The van der Waals surface area contributed by atoms with E-state index in [1.165, 1.54) is 0 Å². The van der Waals surface area contributed by atoms with Crippen molar-refractivity contribution in [2.45, 2.75) is 38.6 Å². The first-order valence-electron chi connectivity index (χ1n) is 9.63. The SMILES string of the molecule is COc1ccccc1C(CNS(=O)(=O)N1CCCC(C)C1)N1CCCC1. The average Bonchev–Trinajstić information content (AvgIpc) is 3.16. The van der Waals surface area contributed by atoms with Crippen molar-refractivity contribution in [3.05, 3.63) is 29.8 Å². The van der Waals surface area contributed by atoms with E-state index in [9.17, 15) is 8.42 Å². The van der Waals surface area contributed by atoms with Gasteiger partial charge in [0.1, 0.15) is 5.75 Å². The van der Waals surface area contributed by atoms with Crippen molar-refractivity contribution in [3.8, 4) is 5.75 Å². The maximum Gasteiger partial charge on any atom is 0.279 e. The van der Waals surface area contributed by atoms with Crippen LogP contribution in [-0.2, 0) is 10.2 Å². The first kappa shape index (κ1) is 19.6. The third-order valence-electron chi connectivity index (χ3n) is 5.50. The number of para-hydroxylation sites is 1. The number of hydrogen-bond donors (Lipinski definition) is 1. The van der Waals surface area contributed by atoms with E-state index in [1.54, 1.807) is 11.4 Å². The zero-order valence-electron chi connectivity index (χ0n) is 15.9. The van der Waals surface area contributed by atoms with Gasteiger partial charge in [0.05, 0.1) is 13.2 Å². The van der Waals surface area contributed by atoms with E-state index in [2.05, 4.69) is 16.5 Å². The Morgan fingerprint density at radius 1 is 1.19 bits per heavy atom. The van der Waals surface area contributed by atoms with Gasteiger partial charge in [-0.1, -0.05) is 25.1 Å². The lowest BCUT2D eigenvalue weighted by Gasteiger charge is -2.33. The highest BCUT2D eigenvalue weighted by Gasteiger charge is 2.30. The summed E-state index contributed by atoms with van der Waals surface area (Å²) < 4.78 is 35.6. The molecule has 0 spiro atoms. The second kappa shape index (κ2) is 8.69. The fourth-order valence-electron chi connectivity index (χ4n) is 4.07. The summed E-state index contributed by atoms with van der Waals surface area (Å²) in [6.45, 7) is 5.69. The van der Waals surface area contributed by atoms with Crippen molar-refractivity contribution in [2.24, 2.45) is 5.92 Å². The van der Waals surface area contributed by atoms with E-state index in [4.69, 9.17) is 4.74 Å². The number of hydrogen-bond acceptors (Lipinski definition) is 4. The second-order valence-electron chi connectivity index (χ2n) is 7.46. The molecule has 26 heavy (non-hydrogen) atoms. The molecule has 2 atom stereocenters. The van der Waals surface area contributed by atoms with Gasteiger partial charge in [0, 0.05) is 25.2 Å². The molecule has 2 saturated heterocycles. The van der Waals surface area contributed by atoms with Gasteiger partial charge in [-0.2, -0.15) is 12.7 Å². The Morgan fingerprint density at radius 3 is 2.62 bits per heavy atom. The molecule has 1 N–H and O–H groups in total. The molecule has 2 aliphatic rings. The molecule has 0 saturated carbocycles. The molecule has 0 aromatic heterocycles. The van der Waals surface area contributed by atoms with E-state index >= 15 is 0 Å². The first-order chi connectivity index (χ1) is 12.5. The maximum atomic E-state index is 12.8. The summed E-state index contributed by atoms with van der Waals surface area (Å²) in [4.78, 5) is 2.36. The van der Waals surface area contributed by atoms with Gasteiger partial charge in [-0.15, -0.1) is 0 Å². The predicted octanol–water partition coefficient (Wildman–Crippen LogP) is 2.40. The minimum atomic E-state index is -3.45. The van der Waals surface area contributed by atoms with E-state index < -0.39 is 10.2 Å². The van der Waals surface area contributed by atoms with Crippen molar-refractivity contribution in [1.82, 2.24) is 13.9 Å². The minimum absolute atomic E-state index is 0.00867. The summed E-state index contributed by atoms with van der Waals surface area (Å²) in [5.74, 6) is 1.24. The standard InChI is InChI=1S/C19H31N3O3S/c1-16-8-7-13-22(15-16)26(23,24)20-14-18(21-11-5-6-12-21)17-9-3-4-10-19(17)25-2/h3-4,9-10,16,18,20H,5-8,11-15H2,1-2H3. The highest BCUT2D eigenvalue weighted by molar-refractivity contribution is 7.87. The third-order valence-corrected chi connectivity index (χ3v) is 7.04. The molecule has 2 unspecified atom stereocenters. The summed E-state index contributed by atoms with van der Waals surface area (Å²) in [7, 11) is -1.79. The van der Waals surface area contributed by atoms with E-state index in [-0.39, 0.29) is 6.04 Å². The molecule has 2 heterocycles. The zero-order valence-corrected chi connectivity index (χ0v) is 16.7. The van der Waals surface area contributed by atoms with Crippen molar-refractivity contribution in [2.75, 3.05) is 39.8 Å². The summed E-state index contributed by atoms with van der Waals surface area (Å²) in [6, 6.07) is 7.91. The normalized spacial score (nSPS) is 23.8. The molecule has 2 fully saturated rings. The molecule has 0 bridgehead atoms. The van der Waals surface area contributed by atoms with E-state index in [0.717, 1.165) is 50.1 Å². The largest absolute Gasteiger partial charge is 0.496 e. The molecule has 0 aliphatic carbocycles. The number of nitrogens with zero attached hydrogens (tertiary/aromatic N) is 2. The van der Waals surface area contributed by atoms with Crippen LogP contribution in [-0.4, -0.2) is 57.5 Å². The number of benzene rings is 1. The van der Waals surface area contributed by atoms with Crippen LogP contribution < -0.4 is 9.46 Å². The van der Waals surface area contributed by atoms with Crippen LogP contribution in [0.15, 0.2) is 24.3 Å². The minimum Gasteiger partial charge on any atom is -0.496 e. The molecule has 3 rings (SSSR count). The lowest BCUT2D eigenvalue weighted by atomic mass is 10.0. The monoisotopic (exact) mass is 381 g/mol. The van der Waals surface area contributed by atoms with Crippen LogP contribution in [0.4, 0.5) is 0 Å². The van der Waals surface area contributed by atoms with Crippen LogP contribution in [0.2, 0.25) is 0 Å². The fourth-order valence-corrected chi connectivity index (χ4v) is 5.44. The highest BCUT2D eigenvalue weighted by atomic mass is 32.2. The lowest BCUT2D eigenvalue weighted by Crippen LogP contribution is -2.47. The Balaban J connectivity index is 1.76. The van der Waals surface area contributed by atoms with Gasteiger partial charge in [0.25, 0.3) is 10.2 Å².